The molecule has 0 unspecified atom stereocenters. The molecule has 18 heavy (non-hydrogen) atoms. The second-order valence-corrected chi connectivity index (χ2v) is 5.38. The molecule has 0 bridgehead atoms. The highest BCUT2D eigenvalue weighted by Crippen LogP contribution is 2.23. The maximum atomic E-state index is 11.4. The SMILES string of the molecule is CC(C)NC(=O)CCNC1CCC(C(N)=O)CC1. The number of nitrogens with one attached hydrogen (secondary N) is 2. The summed E-state index contributed by atoms with van der Waals surface area (Å²) >= 11 is 0. The van der Waals surface area contributed by atoms with E-state index in [9.17, 15) is 9.59 Å². The molecule has 1 rings (SSSR count). The molecule has 0 aromatic rings. The topological polar surface area (TPSA) is 84.2 Å². The maximum absolute atomic E-state index is 11.4. The van der Waals surface area contributed by atoms with Crippen molar-refractivity contribution < 1.29 is 9.59 Å². The van der Waals surface area contributed by atoms with Gasteiger partial charge in [0.25, 0.3) is 0 Å². The predicted octanol–water partition coefficient (Wildman–Crippen LogP) is 0.535. The predicted molar refractivity (Wildman–Crippen MR) is 70.8 cm³/mol. The van der Waals surface area contributed by atoms with Crippen LogP contribution in [-0.2, 0) is 9.59 Å². The van der Waals surface area contributed by atoms with Crippen molar-refractivity contribution in [1.29, 1.82) is 0 Å². The van der Waals surface area contributed by atoms with E-state index >= 15 is 0 Å². The van der Waals surface area contributed by atoms with Crippen molar-refractivity contribution in [3.05, 3.63) is 0 Å². The number of rotatable bonds is 6. The smallest absolute Gasteiger partial charge is 0.221 e. The zero-order valence-electron chi connectivity index (χ0n) is 11.4. The first-order chi connectivity index (χ1) is 8.49. The molecule has 1 fully saturated rings. The Labute approximate surface area is 109 Å². The molecule has 2 amide bonds. The van der Waals surface area contributed by atoms with Gasteiger partial charge in [-0.2, -0.15) is 0 Å². The van der Waals surface area contributed by atoms with Crippen LogP contribution in [0.15, 0.2) is 0 Å². The fourth-order valence-corrected chi connectivity index (χ4v) is 2.37. The Morgan fingerprint density at radius 3 is 2.33 bits per heavy atom. The molecule has 1 aliphatic rings. The standard InChI is InChI=1S/C13H25N3O2/c1-9(2)16-12(17)7-8-15-11-5-3-10(4-6-11)13(14)18/h9-11,15H,3-8H2,1-2H3,(H2,14,18)(H,16,17). The fourth-order valence-electron chi connectivity index (χ4n) is 2.37. The molecule has 4 N–H and O–H groups in total. The molecule has 0 atom stereocenters. The van der Waals surface area contributed by atoms with Crippen LogP contribution in [0.25, 0.3) is 0 Å². The molecule has 5 nitrogen and oxygen atoms in total. The van der Waals surface area contributed by atoms with Crippen LogP contribution < -0.4 is 16.4 Å². The quantitative estimate of drug-likeness (QED) is 0.647. The third-order valence-electron chi connectivity index (χ3n) is 3.36. The van der Waals surface area contributed by atoms with E-state index in [1.54, 1.807) is 0 Å². The van der Waals surface area contributed by atoms with Gasteiger partial charge in [-0.1, -0.05) is 0 Å². The molecule has 0 spiro atoms. The van der Waals surface area contributed by atoms with E-state index < -0.39 is 0 Å². The summed E-state index contributed by atoms with van der Waals surface area (Å²) in [6.45, 7) is 4.61. The van der Waals surface area contributed by atoms with E-state index in [1.165, 1.54) is 0 Å². The normalized spacial score (nSPS) is 23.9. The monoisotopic (exact) mass is 255 g/mol. The van der Waals surface area contributed by atoms with Crippen LogP contribution in [0.5, 0.6) is 0 Å². The van der Waals surface area contributed by atoms with E-state index in [-0.39, 0.29) is 23.8 Å². The molecule has 1 saturated carbocycles. The summed E-state index contributed by atoms with van der Waals surface area (Å²) < 4.78 is 0. The Kier molecular flexibility index (Phi) is 6.12. The molecule has 5 heteroatoms. The lowest BCUT2D eigenvalue weighted by Gasteiger charge is -2.27. The van der Waals surface area contributed by atoms with Gasteiger partial charge in [-0.15, -0.1) is 0 Å². The van der Waals surface area contributed by atoms with E-state index in [2.05, 4.69) is 10.6 Å². The number of amides is 2. The van der Waals surface area contributed by atoms with E-state index in [4.69, 9.17) is 5.73 Å². The molecule has 0 radical (unpaired) electrons. The second-order valence-electron chi connectivity index (χ2n) is 5.38. The summed E-state index contributed by atoms with van der Waals surface area (Å²) in [6.07, 6.45) is 4.18. The fraction of sp³-hybridized carbons (Fsp3) is 0.846. The summed E-state index contributed by atoms with van der Waals surface area (Å²) in [6, 6.07) is 0.621. The number of hydrogen-bond donors (Lipinski definition) is 3. The summed E-state index contributed by atoms with van der Waals surface area (Å²) in [5, 5.41) is 6.23. The second kappa shape index (κ2) is 7.36. The van der Waals surface area contributed by atoms with Gasteiger partial charge in [0.05, 0.1) is 0 Å². The molecule has 0 aromatic heterocycles. The van der Waals surface area contributed by atoms with Crippen molar-refractivity contribution in [1.82, 2.24) is 10.6 Å². The van der Waals surface area contributed by atoms with Gasteiger partial charge in [-0.25, -0.2) is 0 Å². The van der Waals surface area contributed by atoms with Crippen LogP contribution >= 0.6 is 0 Å². The van der Waals surface area contributed by atoms with Gasteiger partial charge < -0.3 is 16.4 Å². The van der Waals surface area contributed by atoms with Gasteiger partial charge in [0.15, 0.2) is 0 Å². The minimum atomic E-state index is -0.176. The number of carbonyl (C=O) groups excluding carboxylic acids is 2. The highest BCUT2D eigenvalue weighted by atomic mass is 16.2. The van der Waals surface area contributed by atoms with Gasteiger partial charge >= 0.3 is 0 Å². The molecule has 0 aliphatic heterocycles. The van der Waals surface area contributed by atoms with Crippen molar-refractivity contribution >= 4 is 11.8 Å². The number of nitrogens with two attached hydrogens (primary N) is 1. The van der Waals surface area contributed by atoms with E-state index in [1.807, 2.05) is 13.8 Å². The Bertz CT molecular complexity index is 284. The third kappa shape index (κ3) is 5.49. The maximum Gasteiger partial charge on any atom is 0.221 e. The van der Waals surface area contributed by atoms with Gasteiger partial charge in [0, 0.05) is 31.0 Å². The summed E-state index contributed by atoms with van der Waals surface area (Å²) in [7, 11) is 0. The number of primary amides is 1. The summed E-state index contributed by atoms with van der Waals surface area (Å²) in [5.74, 6) is -0.0413. The Balaban J connectivity index is 2.11. The van der Waals surface area contributed by atoms with Crippen molar-refractivity contribution in [2.75, 3.05) is 6.54 Å². The molecule has 0 saturated heterocycles. The molecule has 104 valence electrons. The van der Waals surface area contributed by atoms with Crippen LogP contribution in [-0.4, -0.2) is 30.4 Å². The van der Waals surface area contributed by atoms with Crippen LogP contribution in [0.2, 0.25) is 0 Å². The Morgan fingerprint density at radius 2 is 1.83 bits per heavy atom. The third-order valence-corrected chi connectivity index (χ3v) is 3.36. The Morgan fingerprint density at radius 1 is 1.22 bits per heavy atom. The van der Waals surface area contributed by atoms with Gasteiger partial charge in [0.2, 0.25) is 11.8 Å². The summed E-state index contributed by atoms with van der Waals surface area (Å²) in [4.78, 5) is 22.4. The van der Waals surface area contributed by atoms with Gasteiger partial charge in [0.1, 0.15) is 0 Å². The van der Waals surface area contributed by atoms with E-state index in [0.29, 0.717) is 19.0 Å². The van der Waals surface area contributed by atoms with Crippen molar-refractivity contribution in [3.63, 3.8) is 0 Å². The Hall–Kier alpha value is -1.10. The lowest BCUT2D eigenvalue weighted by Crippen LogP contribution is -2.39. The zero-order chi connectivity index (χ0) is 13.5. The minimum Gasteiger partial charge on any atom is -0.369 e. The van der Waals surface area contributed by atoms with Crippen LogP contribution in [0, 0.1) is 5.92 Å². The van der Waals surface area contributed by atoms with Crippen molar-refractivity contribution in [2.24, 2.45) is 11.7 Å². The molecule has 1 aliphatic carbocycles. The zero-order valence-corrected chi connectivity index (χ0v) is 11.4. The van der Waals surface area contributed by atoms with E-state index in [0.717, 1.165) is 25.7 Å². The van der Waals surface area contributed by atoms with Crippen molar-refractivity contribution in [2.45, 2.75) is 58.0 Å². The van der Waals surface area contributed by atoms with Crippen LogP contribution in [0.1, 0.15) is 46.0 Å². The average Bonchev–Trinajstić information content (AvgIpc) is 2.28. The molecular formula is C13H25N3O2. The average molecular weight is 255 g/mol. The number of carbonyl (C=O) groups is 2. The molecule has 0 heterocycles. The lowest BCUT2D eigenvalue weighted by molar-refractivity contribution is -0.123. The first kappa shape index (κ1) is 15.0. The first-order valence-corrected chi connectivity index (χ1v) is 6.81. The summed E-state index contributed by atoms with van der Waals surface area (Å²) in [5.41, 5.74) is 5.29. The van der Waals surface area contributed by atoms with Gasteiger partial charge in [-0.05, 0) is 39.5 Å². The van der Waals surface area contributed by atoms with Crippen LogP contribution in [0.4, 0.5) is 0 Å². The number of hydrogen-bond acceptors (Lipinski definition) is 3. The lowest BCUT2D eigenvalue weighted by atomic mass is 9.85. The van der Waals surface area contributed by atoms with Crippen LogP contribution in [0.3, 0.4) is 0 Å². The first-order valence-electron chi connectivity index (χ1n) is 6.81. The highest BCUT2D eigenvalue weighted by Gasteiger charge is 2.24. The largest absolute Gasteiger partial charge is 0.369 e. The minimum absolute atomic E-state index is 0.0484. The molecule has 0 aromatic carbocycles. The molecular weight excluding hydrogens is 230 g/mol. The van der Waals surface area contributed by atoms with Crippen molar-refractivity contribution in [3.8, 4) is 0 Å². The highest BCUT2D eigenvalue weighted by molar-refractivity contribution is 5.76. The van der Waals surface area contributed by atoms with Gasteiger partial charge in [-0.3, -0.25) is 9.59 Å².